The summed E-state index contributed by atoms with van der Waals surface area (Å²) in [5.74, 6) is -0.667. The molecule has 6 heteroatoms. The zero-order valence-electron chi connectivity index (χ0n) is 12.2. The van der Waals surface area contributed by atoms with Crippen LogP contribution in [0, 0.1) is 6.92 Å². The molecule has 0 N–H and O–H groups in total. The summed E-state index contributed by atoms with van der Waals surface area (Å²) in [6, 6.07) is 8.30. The first-order valence-electron chi connectivity index (χ1n) is 6.52. The van der Waals surface area contributed by atoms with Crippen molar-refractivity contribution in [1.29, 1.82) is 0 Å². The van der Waals surface area contributed by atoms with Gasteiger partial charge in [-0.25, -0.2) is 9.97 Å². The SMILES string of the molecule is Cc1nc(N2CCc3ccccc3C2)ncc1C(=O)[O-].[Na+]. The fraction of sp³-hybridized carbons (Fsp3) is 0.267. The van der Waals surface area contributed by atoms with E-state index in [1.165, 1.54) is 17.3 Å². The summed E-state index contributed by atoms with van der Waals surface area (Å²) in [5.41, 5.74) is 3.11. The Kier molecular flexibility index (Phi) is 4.98. The van der Waals surface area contributed by atoms with E-state index in [1.54, 1.807) is 6.92 Å². The Hall–Kier alpha value is -1.43. The van der Waals surface area contributed by atoms with Gasteiger partial charge in [0.25, 0.3) is 0 Å². The second-order valence-corrected chi connectivity index (χ2v) is 4.90. The van der Waals surface area contributed by atoms with Crippen LogP contribution < -0.4 is 39.6 Å². The minimum Gasteiger partial charge on any atom is -0.545 e. The van der Waals surface area contributed by atoms with Gasteiger partial charge in [-0.15, -0.1) is 0 Å². The number of hydrogen-bond acceptors (Lipinski definition) is 5. The number of aromatic carboxylic acids is 1. The Morgan fingerprint density at radius 1 is 1.29 bits per heavy atom. The minimum atomic E-state index is -1.24. The molecule has 0 aliphatic carbocycles. The minimum absolute atomic E-state index is 0. The number of nitrogens with zero attached hydrogens (tertiary/aromatic N) is 3. The molecule has 0 fully saturated rings. The molecule has 0 saturated heterocycles. The van der Waals surface area contributed by atoms with Crippen LogP contribution in [0.4, 0.5) is 5.95 Å². The van der Waals surface area contributed by atoms with Crippen molar-refractivity contribution in [3.05, 3.63) is 52.8 Å². The zero-order chi connectivity index (χ0) is 14.1. The number of carbonyl (C=O) groups is 1. The number of hydrogen-bond donors (Lipinski definition) is 0. The molecule has 1 aliphatic rings. The third kappa shape index (κ3) is 3.26. The maximum absolute atomic E-state index is 10.9. The third-order valence-electron chi connectivity index (χ3n) is 3.60. The summed E-state index contributed by atoms with van der Waals surface area (Å²) in [4.78, 5) is 21.4. The molecule has 1 aliphatic heterocycles. The number of rotatable bonds is 2. The van der Waals surface area contributed by atoms with Crippen LogP contribution in [0.25, 0.3) is 0 Å². The van der Waals surface area contributed by atoms with Crippen LogP contribution in [0.1, 0.15) is 27.2 Å². The van der Waals surface area contributed by atoms with Gasteiger partial charge < -0.3 is 14.8 Å². The van der Waals surface area contributed by atoms with E-state index in [9.17, 15) is 9.90 Å². The number of anilines is 1. The molecule has 2 heterocycles. The molecular weight excluding hydrogens is 277 g/mol. The predicted molar refractivity (Wildman–Crippen MR) is 72.3 cm³/mol. The largest absolute Gasteiger partial charge is 1.00 e. The Balaban J connectivity index is 0.00000161. The maximum atomic E-state index is 10.9. The number of carboxylic acid groups (broad SMARTS) is 1. The van der Waals surface area contributed by atoms with Gasteiger partial charge in [-0.1, -0.05) is 24.3 Å². The van der Waals surface area contributed by atoms with Crippen molar-refractivity contribution in [2.24, 2.45) is 0 Å². The number of aromatic nitrogens is 2. The Morgan fingerprint density at radius 3 is 2.67 bits per heavy atom. The molecule has 1 aromatic heterocycles. The first kappa shape index (κ1) is 15.9. The quantitative estimate of drug-likeness (QED) is 0.583. The molecule has 0 bridgehead atoms. The molecule has 102 valence electrons. The molecule has 0 amide bonds. The van der Waals surface area contributed by atoms with Crippen molar-refractivity contribution in [3.63, 3.8) is 0 Å². The van der Waals surface area contributed by atoms with E-state index in [0.29, 0.717) is 11.6 Å². The van der Waals surface area contributed by atoms with Gasteiger partial charge in [0.05, 0.1) is 11.7 Å². The Bertz CT molecular complexity index is 676. The number of benzene rings is 1. The number of carbonyl (C=O) groups excluding carboxylic acids is 1. The smallest absolute Gasteiger partial charge is 0.545 e. The van der Waals surface area contributed by atoms with E-state index >= 15 is 0 Å². The van der Waals surface area contributed by atoms with Crippen LogP contribution in [0.2, 0.25) is 0 Å². The fourth-order valence-electron chi connectivity index (χ4n) is 2.47. The first-order chi connectivity index (χ1) is 9.65. The van der Waals surface area contributed by atoms with Gasteiger partial charge in [-0.2, -0.15) is 0 Å². The number of carboxylic acids is 1. The van der Waals surface area contributed by atoms with Crippen LogP contribution in [0.15, 0.2) is 30.5 Å². The second kappa shape index (κ2) is 6.56. The van der Waals surface area contributed by atoms with Crippen molar-refractivity contribution < 1.29 is 39.5 Å². The van der Waals surface area contributed by atoms with Crippen LogP contribution in [-0.2, 0) is 13.0 Å². The first-order valence-corrected chi connectivity index (χ1v) is 6.52. The molecule has 2 aromatic rings. The molecule has 1 aromatic carbocycles. The van der Waals surface area contributed by atoms with Gasteiger partial charge in [-0.3, -0.25) is 0 Å². The summed E-state index contributed by atoms with van der Waals surface area (Å²) in [5, 5.41) is 10.9. The molecule has 0 spiro atoms. The van der Waals surface area contributed by atoms with Crippen molar-refractivity contribution in [2.75, 3.05) is 11.4 Å². The van der Waals surface area contributed by atoms with E-state index < -0.39 is 5.97 Å². The third-order valence-corrected chi connectivity index (χ3v) is 3.60. The van der Waals surface area contributed by atoms with Gasteiger partial charge >= 0.3 is 29.6 Å². The van der Waals surface area contributed by atoms with Crippen molar-refractivity contribution in [1.82, 2.24) is 9.97 Å². The number of fused-ring (bicyclic) bond motifs is 1. The van der Waals surface area contributed by atoms with Crippen molar-refractivity contribution in [2.45, 2.75) is 19.9 Å². The number of aryl methyl sites for hydroxylation is 1. The summed E-state index contributed by atoms with van der Waals surface area (Å²) in [6.07, 6.45) is 2.27. The van der Waals surface area contributed by atoms with Crippen LogP contribution in [0.5, 0.6) is 0 Å². The van der Waals surface area contributed by atoms with E-state index in [1.807, 2.05) is 12.1 Å². The molecule has 0 radical (unpaired) electrons. The predicted octanol–water partition coefficient (Wildman–Crippen LogP) is -2.28. The van der Waals surface area contributed by atoms with Crippen LogP contribution in [-0.4, -0.2) is 22.5 Å². The summed E-state index contributed by atoms with van der Waals surface area (Å²) in [6.45, 7) is 3.25. The Labute approximate surface area is 145 Å². The Morgan fingerprint density at radius 2 is 2.00 bits per heavy atom. The van der Waals surface area contributed by atoms with E-state index in [2.05, 4.69) is 27.0 Å². The van der Waals surface area contributed by atoms with Gasteiger partial charge in [0.2, 0.25) is 5.95 Å². The maximum Gasteiger partial charge on any atom is 1.00 e. The fourth-order valence-corrected chi connectivity index (χ4v) is 2.47. The zero-order valence-corrected chi connectivity index (χ0v) is 14.2. The van der Waals surface area contributed by atoms with Crippen molar-refractivity contribution >= 4 is 11.9 Å². The van der Waals surface area contributed by atoms with Crippen LogP contribution >= 0.6 is 0 Å². The average Bonchev–Trinajstić information content (AvgIpc) is 2.46. The van der Waals surface area contributed by atoms with E-state index in [0.717, 1.165) is 19.5 Å². The van der Waals surface area contributed by atoms with E-state index in [4.69, 9.17) is 0 Å². The summed E-state index contributed by atoms with van der Waals surface area (Å²) in [7, 11) is 0. The molecule has 21 heavy (non-hydrogen) atoms. The average molecular weight is 291 g/mol. The van der Waals surface area contributed by atoms with Gasteiger partial charge in [0.15, 0.2) is 0 Å². The second-order valence-electron chi connectivity index (χ2n) is 4.90. The molecule has 0 saturated carbocycles. The van der Waals surface area contributed by atoms with Gasteiger partial charge in [-0.05, 0) is 24.5 Å². The van der Waals surface area contributed by atoms with E-state index in [-0.39, 0.29) is 35.1 Å². The van der Waals surface area contributed by atoms with Crippen molar-refractivity contribution in [3.8, 4) is 0 Å². The molecule has 0 atom stereocenters. The standard InChI is InChI=1S/C15H15N3O2.Na/c1-10-13(14(19)20)8-16-15(17-10)18-7-6-11-4-2-3-5-12(11)9-18;/h2-5,8H,6-7,9H2,1H3,(H,19,20);/q;+1/p-1. The molecule has 0 unspecified atom stereocenters. The van der Waals surface area contributed by atoms with Gasteiger partial charge in [0, 0.05) is 24.8 Å². The van der Waals surface area contributed by atoms with Crippen LogP contribution in [0.3, 0.4) is 0 Å². The summed E-state index contributed by atoms with van der Waals surface area (Å²) < 4.78 is 0. The molecule has 3 rings (SSSR count). The topological polar surface area (TPSA) is 69.2 Å². The molecule has 5 nitrogen and oxygen atoms in total. The summed E-state index contributed by atoms with van der Waals surface area (Å²) >= 11 is 0. The normalized spacial score (nSPS) is 13.3. The van der Waals surface area contributed by atoms with Gasteiger partial charge in [0.1, 0.15) is 0 Å². The monoisotopic (exact) mass is 291 g/mol. The molecular formula is C15H14N3NaO2.